The van der Waals surface area contributed by atoms with Crippen LogP contribution in [-0.4, -0.2) is 40.5 Å². The Morgan fingerprint density at radius 1 is 1.75 bits per heavy atom. The Morgan fingerprint density at radius 2 is 2.62 bits per heavy atom. The summed E-state index contributed by atoms with van der Waals surface area (Å²) in [5, 5.41) is 6.11. The van der Waals surface area contributed by atoms with E-state index in [1.807, 2.05) is 6.26 Å². The molecule has 5 nitrogen and oxygen atoms in total. The molecule has 16 heavy (non-hydrogen) atoms. The smallest absolute Gasteiger partial charge is 0.237 e. The first-order valence-electron chi connectivity index (χ1n) is 5.32. The van der Waals surface area contributed by atoms with Gasteiger partial charge in [-0.25, -0.2) is 4.98 Å². The maximum Gasteiger partial charge on any atom is 0.237 e. The van der Waals surface area contributed by atoms with E-state index in [-0.39, 0.29) is 11.9 Å². The van der Waals surface area contributed by atoms with Crippen molar-refractivity contribution in [1.82, 2.24) is 20.6 Å². The van der Waals surface area contributed by atoms with Crippen LogP contribution in [0.5, 0.6) is 0 Å². The van der Waals surface area contributed by atoms with E-state index in [1.165, 1.54) is 0 Å². The van der Waals surface area contributed by atoms with Gasteiger partial charge in [0.2, 0.25) is 5.91 Å². The predicted molar refractivity (Wildman–Crippen MR) is 64.3 cm³/mol. The van der Waals surface area contributed by atoms with E-state index in [2.05, 4.69) is 20.6 Å². The van der Waals surface area contributed by atoms with Crippen LogP contribution >= 0.6 is 11.8 Å². The average molecular weight is 240 g/mol. The first kappa shape index (κ1) is 11.5. The summed E-state index contributed by atoms with van der Waals surface area (Å²) in [4.78, 5) is 19.1. The van der Waals surface area contributed by atoms with Gasteiger partial charge in [0.05, 0.1) is 23.8 Å². The van der Waals surface area contributed by atoms with E-state index in [9.17, 15) is 4.79 Å². The molecule has 0 spiro atoms. The van der Waals surface area contributed by atoms with Crippen molar-refractivity contribution in [3.05, 3.63) is 17.7 Å². The number of imidazole rings is 1. The van der Waals surface area contributed by atoms with Gasteiger partial charge in [0.1, 0.15) is 0 Å². The summed E-state index contributed by atoms with van der Waals surface area (Å²) in [5.41, 5.74) is 2.09. The quantitative estimate of drug-likeness (QED) is 0.643. The molecule has 0 aromatic carbocycles. The number of rotatable bonds is 4. The zero-order valence-electron chi connectivity index (χ0n) is 9.25. The highest BCUT2D eigenvalue weighted by Crippen LogP contribution is 2.11. The summed E-state index contributed by atoms with van der Waals surface area (Å²) < 4.78 is 0. The Bertz CT molecular complexity index is 365. The Labute approximate surface area is 98.8 Å². The molecule has 1 aromatic rings. The van der Waals surface area contributed by atoms with Crippen molar-refractivity contribution >= 4 is 17.7 Å². The highest BCUT2D eigenvalue weighted by molar-refractivity contribution is 7.98. The number of carbonyl (C=O) groups excluding carboxylic acids is 1. The maximum absolute atomic E-state index is 11.8. The van der Waals surface area contributed by atoms with Crippen molar-refractivity contribution in [2.45, 2.75) is 19.0 Å². The molecule has 2 rings (SSSR count). The van der Waals surface area contributed by atoms with Crippen LogP contribution in [0.15, 0.2) is 6.33 Å². The second-order valence-electron chi connectivity index (χ2n) is 3.75. The van der Waals surface area contributed by atoms with Crippen LogP contribution in [0.1, 0.15) is 11.4 Å². The summed E-state index contributed by atoms with van der Waals surface area (Å²) in [6, 6.07) is -0.141. The molecule has 1 unspecified atom stereocenters. The first-order chi connectivity index (χ1) is 7.81. The Morgan fingerprint density at radius 3 is 3.44 bits per heavy atom. The van der Waals surface area contributed by atoms with E-state index in [1.54, 1.807) is 18.1 Å². The Balaban J connectivity index is 1.86. The fraction of sp³-hybridized carbons (Fsp3) is 0.600. The van der Waals surface area contributed by atoms with E-state index in [4.69, 9.17) is 0 Å². The maximum atomic E-state index is 11.8. The normalized spacial score (nSPS) is 19.2. The number of thioether (sulfide) groups is 1. The Hall–Kier alpha value is -1.01. The highest BCUT2D eigenvalue weighted by Gasteiger charge is 2.25. The van der Waals surface area contributed by atoms with Crippen molar-refractivity contribution in [3.63, 3.8) is 0 Å². The standard InChI is InChI=1S/C10H16N4OS/c1-16-3-2-11-10(15)8-4-7-9(5-12-8)14-6-13-7/h6,8,12H,2-5H2,1H3,(H,11,15)(H,13,14). The fourth-order valence-corrected chi connectivity index (χ4v) is 2.06. The van der Waals surface area contributed by atoms with Gasteiger partial charge in [-0.2, -0.15) is 11.8 Å². The summed E-state index contributed by atoms with van der Waals surface area (Å²) in [6.07, 6.45) is 4.38. The minimum Gasteiger partial charge on any atom is -0.354 e. The SMILES string of the molecule is CSCCNC(=O)C1Cc2nc[nH]c2CN1. The van der Waals surface area contributed by atoms with Crippen molar-refractivity contribution < 1.29 is 4.79 Å². The van der Waals surface area contributed by atoms with Crippen LogP contribution in [0.2, 0.25) is 0 Å². The number of H-pyrrole nitrogens is 1. The van der Waals surface area contributed by atoms with Crippen molar-refractivity contribution in [2.24, 2.45) is 0 Å². The molecule has 0 aliphatic carbocycles. The number of carbonyl (C=O) groups is 1. The monoisotopic (exact) mass is 240 g/mol. The molecule has 0 saturated heterocycles. The van der Waals surface area contributed by atoms with E-state index in [0.717, 1.165) is 23.7 Å². The zero-order chi connectivity index (χ0) is 11.4. The number of nitrogens with zero attached hydrogens (tertiary/aromatic N) is 1. The van der Waals surface area contributed by atoms with Gasteiger partial charge in [0, 0.05) is 25.3 Å². The number of nitrogens with one attached hydrogen (secondary N) is 3. The second kappa shape index (κ2) is 5.36. The van der Waals surface area contributed by atoms with Crippen LogP contribution in [0.3, 0.4) is 0 Å². The molecule has 3 N–H and O–H groups in total. The van der Waals surface area contributed by atoms with Gasteiger partial charge < -0.3 is 10.3 Å². The lowest BCUT2D eigenvalue weighted by Crippen LogP contribution is -2.48. The Kier molecular flexibility index (Phi) is 3.84. The summed E-state index contributed by atoms with van der Waals surface area (Å²) in [6.45, 7) is 1.42. The molecule has 6 heteroatoms. The summed E-state index contributed by atoms with van der Waals surface area (Å²) in [5.74, 6) is 1.02. The lowest BCUT2D eigenvalue weighted by atomic mass is 10.1. The highest BCUT2D eigenvalue weighted by atomic mass is 32.2. The lowest BCUT2D eigenvalue weighted by Gasteiger charge is -2.22. The molecule has 1 aliphatic heterocycles. The third-order valence-electron chi connectivity index (χ3n) is 2.65. The number of hydrogen-bond donors (Lipinski definition) is 3. The summed E-state index contributed by atoms with van der Waals surface area (Å²) in [7, 11) is 0. The van der Waals surface area contributed by atoms with Crippen LogP contribution in [0, 0.1) is 0 Å². The van der Waals surface area contributed by atoms with Gasteiger partial charge in [0.25, 0.3) is 0 Å². The van der Waals surface area contributed by atoms with Crippen molar-refractivity contribution in [2.75, 3.05) is 18.6 Å². The van der Waals surface area contributed by atoms with Gasteiger partial charge in [-0.15, -0.1) is 0 Å². The van der Waals surface area contributed by atoms with Crippen LogP contribution in [0.4, 0.5) is 0 Å². The third-order valence-corrected chi connectivity index (χ3v) is 3.26. The molecule has 2 heterocycles. The van der Waals surface area contributed by atoms with Gasteiger partial charge in [-0.3, -0.25) is 10.1 Å². The molecule has 0 bridgehead atoms. The molecule has 0 saturated carbocycles. The topological polar surface area (TPSA) is 69.8 Å². The molecule has 1 aliphatic rings. The first-order valence-corrected chi connectivity index (χ1v) is 6.72. The molecular weight excluding hydrogens is 224 g/mol. The number of amides is 1. The molecule has 0 fully saturated rings. The van der Waals surface area contributed by atoms with E-state index in [0.29, 0.717) is 13.0 Å². The minimum absolute atomic E-state index is 0.0719. The van der Waals surface area contributed by atoms with Gasteiger partial charge in [-0.1, -0.05) is 0 Å². The van der Waals surface area contributed by atoms with Crippen LogP contribution in [0.25, 0.3) is 0 Å². The zero-order valence-corrected chi connectivity index (χ0v) is 10.1. The minimum atomic E-state index is -0.141. The predicted octanol–water partition coefficient (Wildman–Crippen LogP) is -0.0968. The fourth-order valence-electron chi connectivity index (χ4n) is 1.75. The largest absolute Gasteiger partial charge is 0.354 e. The second-order valence-corrected chi connectivity index (χ2v) is 4.73. The average Bonchev–Trinajstić information content (AvgIpc) is 2.76. The lowest BCUT2D eigenvalue weighted by molar-refractivity contribution is -0.123. The van der Waals surface area contributed by atoms with E-state index >= 15 is 0 Å². The van der Waals surface area contributed by atoms with Crippen LogP contribution < -0.4 is 10.6 Å². The summed E-state index contributed by atoms with van der Waals surface area (Å²) >= 11 is 1.73. The van der Waals surface area contributed by atoms with Gasteiger partial charge in [-0.05, 0) is 6.26 Å². The molecular formula is C10H16N4OS. The molecule has 1 amide bonds. The number of fused-ring (bicyclic) bond motifs is 1. The molecule has 1 aromatic heterocycles. The van der Waals surface area contributed by atoms with E-state index < -0.39 is 0 Å². The van der Waals surface area contributed by atoms with Crippen molar-refractivity contribution in [3.8, 4) is 0 Å². The number of aromatic nitrogens is 2. The van der Waals surface area contributed by atoms with Crippen molar-refractivity contribution in [1.29, 1.82) is 0 Å². The third kappa shape index (κ3) is 2.56. The van der Waals surface area contributed by atoms with Crippen LogP contribution in [-0.2, 0) is 17.8 Å². The van der Waals surface area contributed by atoms with Gasteiger partial charge in [0.15, 0.2) is 0 Å². The van der Waals surface area contributed by atoms with Gasteiger partial charge >= 0.3 is 0 Å². The molecule has 1 atom stereocenters. The number of aromatic amines is 1. The molecule has 88 valence electrons. The molecule has 0 radical (unpaired) electrons. The number of hydrogen-bond acceptors (Lipinski definition) is 4.